The molecular weight excluding hydrogens is 306 g/mol. The van der Waals surface area contributed by atoms with Gasteiger partial charge in [-0.25, -0.2) is 4.98 Å². The number of likely N-dealkylation sites (tertiary alicyclic amines) is 1. The van der Waals surface area contributed by atoms with Crippen molar-refractivity contribution in [3.8, 4) is 0 Å². The molecule has 1 unspecified atom stereocenters. The highest BCUT2D eigenvalue weighted by Gasteiger charge is 2.53. The number of imide groups is 1. The van der Waals surface area contributed by atoms with Gasteiger partial charge in [0.25, 0.3) is 0 Å². The Morgan fingerprint density at radius 3 is 2.90 bits per heavy atom. The topological polar surface area (TPSA) is 53.5 Å². The number of aryl methyl sites for hydroxylation is 1. The second kappa shape index (κ2) is 5.70. The molecule has 0 saturated carbocycles. The first kappa shape index (κ1) is 15.0. The van der Waals surface area contributed by atoms with Crippen molar-refractivity contribution in [3.05, 3.63) is 16.1 Å². The molecule has 0 N–H and O–H groups in total. The first-order valence-corrected chi connectivity index (χ1v) is 9.06. The third kappa shape index (κ3) is 2.86. The lowest BCUT2D eigenvalue weighted by Crippen LogP contribution is -2.42. The number of carbonyl (C=O) groups is 2. The lowest BCUT2D eigenvalue weighted by atomic mass is 9.86. The molecule has 3 heterocycles. The lowest BCUT2D eigenvalue weighted by molar-refractivity contribution is -0.143. The average Bonchev–Trinajstić information content (AvgIpc) is 3.09. The zero-order chi connectivity index (χ0) is 15.0. The Balaban J connectivity index is 1.64. The molecule has 2 amide bonds. The van der Waals surface area contributed by atoms with Gasteiger partial charge in [-0.15, -0.1) is 11.3 Å². The Morgan fingerprint density at radius 1 is 1.48 bits per heavy atom. The maximum Gasteiger partial charge on any atom is 0.237 e. The molecule has 3 rings (SSSR count). The molecular formula is C14H19N3O2S2. The van der Waals surface area contributed by atoms with Gasteiger partial charge in [-0.2, -0.15) is 11.8 Å². The van der Waals surface area contributed by atoms with E-state index in [9.17, 15) is 9.59 Å². The van der Waals surface area contributed by atoms with Crippen molar-refractivity contribution in [3.63, 3.8) is 0 Å². The quantitative estimate of drug-likeness (QED) is 0.789. The summed E-state index contributed by atoms with van der Waals surface area (Å²) >= 11 is 3.40. The summed E-state index contributed by atoms with van der Waals surface area (Å²) in [5.74, 6) is 1.78. The van der Waals surface area contributed by atoms with E-state index >= 15 is 0 Å². The van der Waals surface area contributed by atoms with Crippen molar-refractivity contribution in [1.29, 1.82) is 0 Å². The summed E-state index contributed by atoms with van der Waals surface area (Å²) < 4.78 is 0. The molecule has 1 spiro atoms. The van der Waals surface area contributed by atoms with E-state index in [1.807, 2.05) is 24.3 Å². The molecule has 1 aromatic rings. The van der Waals surface area contributed by atoms with Gasteiger partial charge in [0.2, 0.25) is 11.8 Å². The minimum atomic E-state index is -0.403. The van der Waals surface area contributed by atoms with Crippen molar-refractivity contribution < 1.29 is 9.59 Å². The molecule has 0 aliphatic carbocycles. The minimum absolute atomic E-state index is 0.0243. The van der Waals surface area contributed by atoms with Crippen LogP contribution < -0.4 is 0 Å². The maximum atomic E-state index is 12.6. The van der Waals surface area contributed by atoms with Crippen LogP contribution in [0, 0.1) is 12.3 Å². The predicted molar refractivity (Wildman–Crippen MR) is 84.0 cm³/mol. The second-order valence-electron chi connectivity index (χ2n) is 5.90. The molecule has 5 nitrogen and oxygen atoms in total. The van der Waals surface area contributed by atoms with Gasteiger partial charge in [0, 0.05) is 24.1 Å². The summed E-state index contributed by atoms with van der Waals surface area (Å²) in [7, 11) is 1.92. The number of amides is 2. The van der Waals surface area contributed by atoms with Gasteiger partial charge in [0.15, 0.2) is 0 Å². The van der Waals surface area contributed by atoms with Crippen LogP contribution in [0.25, 0.3) is 0 Å². The molecule has 0 aromatic carbocycles. The van der Waals surface area contributed by atoms with E-state index in [0.29, 0.717) is 19.6 Å². The summed E-state index contributed by atoms with van der Waals surface area (Å²) in [4.78, 5) is 32.6. The van der Waals surface area contributed by atoms with Crippen LogP contribution in [0.1, 0.15) is 23.5 Å². The molecule has 2 fully saturated rings. The Labute approximate surface area is 132 Å². The SMILES string of the molecule is Cc1nc(CN(C)CN2C(=O)CC3(CCSC3)C2=O)cs1. The largest absolute Gasteiger partial charge is 0.283 e. The van der Waals surface area contributed by atoms with E-state index in [4.69, 9.17) is 0 Å². The molecule has 2 aliphatic rings. The number of carbonyl (C=O) groups excluding carboxylic acids is 2. The van der Waals surface area contributed by atoms with Gasteiger partial charge in [0.05, 0.1) is 22.8 Å². The molecule has 1 aromatic heterocycles. The Bertz CT molecular complexity index is 566. The first-order valence-electron chi connectivity index (χ1n) is 7.02. The zero-order valence-electron chi connectivity index (χ0n) is 12.3. The highest BCUT2D eigenvalue weighted by atomic mass is 32.2. The smallest absolute Gasteiger partial charge is 0.237 e. The van der Waals surface area contributed by atoms with E-state index in [0.717, 1.165) is 28.6 Å². The van der Waals surface area contributed by atoms with Gasteiger partial charge in [-0.3, -0.25) is 19.4 Å². The number of hydrogen-bond donors (Lipinski definition) is 0. The first-order chi connectivity index (χ1) is 10.00. The highest BCUT2D eigenvalue weighted by Crippen LogP contribution is 2.44. The number of hydrogen-bond acceptors (Lipinski definition) is 6. The summed E-state index contributed by atoms with van der Waals surface area (Å²) in [6.45, 7) is 2.99. The summed E-state index contributed by atoms with van der Waals surface area (Å²) in [5, 5.41) is 3.06. The van der Waals surface area contributed by atoms with Gasteiger partial charge in [0.1, 0.15) is 0 Å². The lowest BCUT2D eigenvalue weighted by Gasteiger charge is -2.24. The third-order valence-corrected chi connectivity index (χ3v) is 6.15. The molecule has 2 aliphatic heterocycles. The number of rotatable bonds is 4. The van der Waals surface area contributed by atoms with Crippen molar-refractivity contribution in [2.45, 2.75) is 26.3 Å². The fourth-order valence-electron chi connectivity index (χ4n) is 2.97. The average molecular weight is 325 g/mol. The predicted octanol–water partition coefficient (Wildman–Crippen LogP) is 1.72. The van der Waals surface area contributed by atoms with E-state index < -0.39 is 5.41 Å². The maximum absolute atomic E-state index is 12.6. The van der Waals surface area contributed by atoms with E-state index in [-0.39, 0.29) is 11.8 Å². The fourth-order valence-corrected chi connectivity index (χ4v) is 5.01. The fraction of sp³-hybridized carbons (Fsp3) is 0.643. The Hall–Kier alpha value is -0.920. The van der Waals surface area contributed by atoms with Gasteiger partial charge < -0.3 is 0 Å². The molecule has 114 valence electrons. The van der Waals surface area contributed by atoms with Gasteiger partial charge >= 0.3 is 0 Å². The van der Waals surface area contributed by atoms with Crippen LogP contribution in [0.2, 0.25) is 0 Å². The van der Waals surface area contributed by atoms with E-state index in [1.54, 1.807) is 23.1 Å². The van der Waals surface area contributed by atoms with Crippen molar-refractivity contribution in [1.82, 2.24) is 14.8 Å². The van der Waals surface area contributed by atoms with Crippen LogP contribution in [0.4, 0.5) is 0 Å². The number of aromatic nitrogens is 1. The minimum Gasteiger partial charge on any atom is -0.283 e. The second-order valence-corrected chi connectivity index (χ2v) is 8.07. The third-order valence-electron chi connectivity index (χ3n) is 4.07. The number of thioether (sulfide) groups is 1. The number of thiazole rings is 1. The molecule has 7 heteroatoms. The van der Waals surface area contributed by atoms with E-state index in [2.05, 4.69) is 4.98 Å². The van der Waals surface area contributed by atoms with Crippen LogP contribution in [0.15, 0.2) is 5.38 Å². The summed E-state index contributed by atoms with van der Waals surface area (Å²) in [5.41, 5.74) is 0.588. The monoisotopic (exact) mass is 325 g/mol. The standard InChI is InChI=1S/C14H19N3O2S2/c1-10-15-11(7-21-10)6-16(2)9-17-12(18)5-14(13(17)19)3-4-20-8-14/h7H,3-6,8-9H2,1-2H3. The van der Waals surface area contributed by atoms with Crippen LogP contribution in [0.3, 0.4) is 0 Å². The highest BCUT2D eigenvalue weighted by molar-refractivity contribution is 7.99. The normalized spacial score (nSPS) is 25.8. The summed E-state index contributed by atoms with van der Waals surface area (Å²) in [6.07, 6.45) is 1.23. The molecule has 0 radical (unpaired) electrons. The van der Waals surface area contributed by atoms with E-state index in [1.165, 1.54) is 4.90 Å². The number of nitrogens with zero attached hydrogens (tertiary/aromatic N) is 3. The summed E-state index contributed by atoms with van der Waals surface area (Å²) in [6, 6.07) is 0. The molecule has 0 bridgehead atoms. The zero-order valence-corrected chi connectivity index (χ0v) is 13.9. The van der Waals surface area contributed by atoms with Crippen molar-refractivity contribution >= 4 is 34.9 Å². The Morgan fingerprint density at radius 2 is 2.29 bits per heavy atom. The van der Waals surface area contributed by atoms with Crippen LogP contribution in [0.5, 0.6) is 0 Å². The molecule has 2 saturated heterocycles. The van der Waals surface area contributed by atoms with Crippen LogP contribution >= 0.6 is 23.1 Å². The van der Waals surface area contributed by atoms with Crippen molar-refractivity contribution in [2.75, 3.05) is 25.2 Å². The van der Waals surface area contributed by atoms with Crippen molar-refractivity contribution in [2.24, 2.45) is 5.41 Å². The van der Waals surface area contributed by atoms with Crippen LogP contribution in [-0.4, -0.2) is 51.8 Å². The molecule has 21 heavy (non-hydrogen) atoms. The molecule has 1 atom stereocenters. The Kier molecular flexibility index (Phi) is 4.07. The van der Waals surface area contributed by atoms with Crippen LogP contribution in [-0.2, 0) is 16.1 Å². The van der Waals surface area contributed by atoms with Gasteiger partial charge in [-0.05, 0) is 26.1 Å². The van der Waals surface area contributed by atoms with Gasteiger partial charge in [-0.1, -0.05) is 0 Å².